The number of aromatic nitrogens is 5. The minimum absolute atomic E-state index is 0.0511. The smallest absolute Gasteiger partial charge is 0.316 e. The van der Waals surface area contributed by atoms with Crippen LogP contribution in [0.5, 0.6) is 6.01 Å². The molecular weight excluding hydrogens is 297 g/mol. The fourth-order valence-electron chi connectivity index (χ4n) is 2.32. The highest BCUT2D eigenvalue weighted by Gasteiger charge is 2.13. The van der Waals surface area contributed by atoms with Gasteiger partial charge < -0.3 is 4.74 Å². The largest absolute Gasteiger partial charge is 0.457 e. The van der Waals surface area contributed by atoms with Gasteiger partial charge in [-0.15, -0.1) is 5.10 Å². The minimum Gasteiger partial charge on any atom is -0.457 e. The van der Waals surface area contributed by atoms with Crippen molar-refractivity contribution < 1.29 is 9.13 Å². The summed E-state index contributed by atoms with van der Waals surface area (Å²) in [5.74, 6) is -0.242. The monoisotopic (exact) mass is 313 g/mol. The number of nitrogens with zero attached hydrogens (tertiary/aromatic N) is 5. The number of hydrogen-bond donors (Lipinski definition) is 0. The van der Waals surface area contributed by atoms with Gasteiger partial charge in [0.15, 0.2) is 0 Å². The van der Waals surface area contributed by atoms with E-state index in [-0.39, 0.29) is 18.5 Å². The molecule has 6 nitrogen and oxygen atoms in total. The summed E-state index contributed by atoms with van der Waals surface area (Å²) in [5, 5.41) is 8.20. The molecule has 0 aliphatic heterocycles. The first-order chi connectivity index (χ1) is 11.1. The van der Waals surface area contributed by atoms with Crippen molar-refractivity contribution in [2.75, 3.05) is 0 Å². The second-order valence-electron chi connectivity index (χ2n) is 5.19. The summed E-state index contributed by atoms with van der Waals surface area (Å²) in [4.78, 5) is 7.96. The maximum absolute atomic E-state index is 13.2. The van der Waals surface area contributed by atoms with Crippen LogP contribution in [-0.4, -0.2) is 25.0 Å². The Morgan fingerprint density at radius 2 is 2.04 bits per heavy atom. The quantitative estimate of drug-likeness (QED) is 0.724. The average Bonchev–Trinajstić information content (AvgIpc) is 3.02. The van der Waals surface area contributed by atoms with E-state index in [9.17, 15) is 4.39 Å². The van der Waals surface area contributed by atoms with Gasteiger partial charge in [-0.1, -0.05) is 11.3 Å². The van der Waals surface area contributed by atoms with Gasteiger partial charge in [-0.2, -0.15) is 0 Å². The summed E-state index contributed by atoms with van der Waals surface area (Å²) in [5.41, 5.74) is 2.54. The van der Waals surface area contributed by atoms with Gasteiger partial charge in [0.05, 0.1) is 12.2 Å². The lowest BCUT2D eigenvalue weighted by Gasteiger charge is -2.14. The molecule has 0 spiro atoms. The molecule has 0 bridgehead atoms. The zero-order valence-corrected chi connectivity index (χ0v) is 12.8. The van der Waals surface area contributed by atoms with Crippen molar-refractivity contribution in [1.82, 2.24) is 25.0 Å². The summed E-state index contributed by atoms with van der Waals surface area (Å²) < 4.78 is 20.4. The van der Waals surface area contributed by atoms with E-state index in [1.165, 1.54) is 12.1 Å². The Bertz CT molecular complexity index is 790. The Morgan fingerprint density at radius 3 is 2.78 bits per heavy atom. The predicted molar refractivity (Wildman–Crippen MR) is 81.3 cm³/mol. The van der Waals surface area contributed by atoms with Crippen LogP contribution in [0.2, 0.25) is 0 Å². The van der Waals surface area contributed by atoms with E-state index in [4.69, 9.17) is 4.74 Å². The standard InChI is InChI=1S/C16H16FN5O/c1-11-8-13(17)4-5-15(11)12(2)22-9-14(20-21-22)10-23-16-18-6-3-7-19-16/h3-9,12H,10H2,1-2H3/t12-/m0/s1. The third-order valence-corrected chi connectivity index (χ3v) is 3.53. The van der Waals surface area contributed by atoms with Crippen LogP contribution in [0, 0.1) is 12.7 Å². The molecule has 2 aromatic heterocycles. The van der Waals surface area contributed by atoms with Gasteiger partial charge in [-0.05, 0) is 43.2 Å². The van der Waals surface area contributed by atoms with Crippen molar-refractivity contribution >= 4 is 0 Å². The lowest BCUT2D eigenvalue weighted by molar-refractivity contribution is 0.276. The maximum atomic E-state index is 13.2. The molecule has 3 aromatic rings. The predicted octanol–water partition coefficient (Wildman–Crippen LogP) is 2.70. The fourth-order valence-corrected chi connectivity index (χ4v) is 2.32. The summed E-state index contributed by atoms with van der Waals surface area (Å²) >= 11 is 0. The summed E-state index contributed by atoms with van der Waals surface area (Å²) in [7, 11) is 0. The summed E-state index contributed by atoms with van der Waals surface area (Å²) in [6, 6.07) is 6.70. The van der Waals surface area contributed by atoms with E-state index in [2.05, 4.69) is 20.3 Å². The lowest BCUT2D eigenvalue weighted by Crippen LogP contribution is -2.09. The van der Waals surface area contributed by atoms with Crippen LogP contribution in [0.25, 0.3) is 0 Å². The molecule has 0 fully saturated rings. The van der Waals surface area contributed by atoms with Crippen molar-refractivity contribution in [3.63, 3.8) is 0 Å². The minimum atomic E-state index is -0.242. The SMILES string of the molecule is Cc1cc(F)ccc1[C@H](C)n1cc(COc2ncccn2)nn1. The van der Waals surface area contributed by atoms with Crippen molar-refractivity contribution in [3.8, 4) is 6.01 Å². The first kappa shape index (κ1) is 15.1. The van der Waals surface area contributed by atoms with E-state index in [0.29, 0.717) is 11.7 Å². The van der Waals surface area contributed by atoms with Gasteiger partial charge in [0.2, 0.25) is 0 Å². The van der Waals surface area contributed by atoms with Crippen LogP contribution in [0.1, 0.15) is 29.8 Å². The fraction of sp³-hybridized carbons (Fsp3) is 0.250. The molecule has 118 valence electrons. The molecule has 23 heavy (non-hydrogen) atoms. The molecule has 0 unspecified atom stereocenters. The molecule has 0 saturated heterocycles. The van der Waals surface area contributed by atoms with E-state index < -0.39 is 0 Å². The Balaban J connectivity index is 1.71. The molecule has 0 saturated carbocycles. The Hall–Kier alpha value is -2.83. The van der Waals surface area contributed by atoms with Crippen LogP contribution in [0.4, 0.5) is 4.39 Å². The van der Waals surface area contributed by atoms with Gasteiger partial charge >= 0.3 is 6.01 Å². The maximum Gasteiger partial charge on any atom is 0.316 e. The molecule has 3 rings (SSSR count). The van der Waals surface area contributed by atoms with Gasteiger partial charge in [0, 0.05) is 12.4 Å². The molecule has 0 aliphatic carbocycles. The Labute approximate surface area is 133 Å². The number of aryl methyl sites for hydroxylation is 1. The topological polar surface area (TPSA) is 65.7 Å². The second-order valence-corrected chi connectivity index (χ2v) is 5.19. The van der Waals surface area contributed by atoms with Crippen molar-refractivity contribution in [1.29, 1.82) is 0 Å². The van der Waals surface area contributed by atoms with Crippen LogP contribution in [-0.2, 0) is 6.61 Å². The second kappa shape index (κ2) is 6.51. The number of hydrogen-bond acceptors (Lipinski definition) is 5. The van der Waals surface area contributed by atoms with Gasteiger partial charge in [0.1, 0.15) is 18.1 Å². The average molecular weight is 313 g/mol. The Kier molecular flexibility index (Phi) is 4.27. The molecule has 7 heteroatoms. The highest BCUT2D eigenvalue weighted by Crippen LogP contribution is 2.21. The molecule has 1 atom stereocenters. The first-order valence-electron chi connectivity index (χ1n) is 7.20. The van der Waals surface area contributed by atoms with Gasteiger partial charge in [-0.3, -0.25) is 0 Å². The van der Waals surface area contributed by atoms with Gasteiger partial charge in [-0.25, -0.2) is 19.0 Å². The Morgan fingerprint density at radius 1 is 1.26 bits per heavy atom. The van der Waals surface area contributed by atoms with Crippen LogP contribution >= 0.6 is 0 Å². The zero-order valence-electron chi connectivity index (χ0n) is 12.8. The third kappa shape index (κ3) is 3.50. The van der Waals surface area contributed by atoms with Crippen LogP contribution < -0.4 is 4.74 Å². The van der Waals surface area contributed by atoms with Crippen LogP contribution in [0.15, 0.2) is 42.9 Å². The van der Waals surface area contributed by atoms with Crippen molar-refractivity contribution in [2.24, 2.45) is 0 Å². The van der Waals surface area contributed by atoms with E-state index >= 15 is 0 Å². The molecule has 1 aromatic carbocycles. The molecule has 0 amide bonds. The van der Waals surface area contributed by atoms with Crippen LogP contribution in [0.3, 0.4) is 0 Å². The third-order valence-electron chi connectivity index (χ3n) is 3.53. The molecule has 0 N–H and O–H groups in total. The number of rotatable bonds is 5. The van der Waals surface area contributed by atoms with E-state index in [1.54, 1.807) is 35.4 Å². The molecule has 2 heterocycles. The summed E-state index contributed by atoms with van der Waals surface area (Å²) in [6.07, 6.45) is 5.02. The number of benzene rings is 1. The zero-order chi connectivity index (χ0) is 16.2. The lowest BCUT2D eigenvalue weighted by atomic mass is 10.0. The first-order valence-corrected chi connectivity index (χ1v) is 7.20. The van der Waals surface area contributed by atoms with Crippen molar-refractivity contribution in [2.45, 2.75) is 26.5 Å². The summed E-state index contributed by atoms with van der Waals surface area (Å²) in [6.45, 7) is 4.10. The van der Waals surface area contributed by atoms with Crippen molar-refractivity contribution in [3.05, 3.63) is 65.5 Å². The number of halogens is 1. The highest BCUT2D eigenvalue weighted by molar-refractivity contribution is 5.29. The van der Waals surface area contributed by atoms with E-state index in [1.807, 2.05) is 13.8 Å². The normalized spacial score (nSPS) is 12.1. The molecule has 0 radical (unpaired) electrons. The highest BCUT2D eigenvalue weighted by atomic mass is 19.1. The van der Waals surface area contributed by atoms with Gasteiger partial charge in [0.25, 0.3) is 0 Å². The van der Waals surface area contributed by atoms with E-state index in [0.717, 1.165) is 11.1 Å². The molecular formula is C16H16FN5O. The number of ether oxygens (including phenoxy) is 1. The molecule has 0 aliphatic rings.